The van der Waals surface area contributed by atoms with Crippen molar-refractivity contribution in [3.63, 3.8) is 0 Å². The van der Waals surface area contributed by atoms with E-state index in [1.807, 2.05) is 40.8 Å². The van der Waals surface area contributed by atoms with Crippen molar-refractivity contribution in [2.75, 3.05) is 38.2 Å². The normalized spacial score (nSPS) is 15.0. The highest BCUT2D eigenvalue weighted by molar-refractivity contribution is 5.91. The van der Waals surface area contributed by atoms with Crippen LogP contribution in [0.4, 0.5) is 5.69 Å². The van der Waals surface area contributed by atoms with Crippen LogP contribution in [0.2, 0.25) is 0 Å². The van der Waals surface area contributed by atoms with E-state index in [4.69, 9.17) is 4.74 Å². The highest BCUT2D eigenvalue weighted by atomic mass is 16.5. The number of rotatable bonds is 5. The van der Waals surface area contributed by atoms with Crippen LogP contribution in [0.3, 0.4) is 0 Å². The van der Waals surface area contributed by atoms with Gasteiger partial charge >= 0.3 is 0 Å². The van der Waals surface area contributed by atoms with Crippen molar-refractivity contribution in [3.8, 4) is 5.75 Å². The SMILES string of the molecule is CCn1nccc1/C=C/C(=O)N1CCN(c2ccc(OC)cc2)CC1. The molecule has 1 amide bonds. The molecule has 6 heteroatoms. The number of amides is 1. The van der Waals surface area contributed by atoms with Gasteiger partial charge < -0.3 is 14.5 Å². The number of benzene rings is 1. The van der Waals surface area contributed by atoms with Crippen molar-refractivity contribution in [2.24, 2.45) is 0 Å². The first-order chi connectivity index (χ1) is 12.2. The van der Waals surface area contributed by atoms with Gasteiger partial charge in [0.2, 0.25) is 5.91 Å². The molecular formula is C19H24N4O2. The van der Waals surface area contributed by atoms with Gasteiger partial charge in [0.05, 0.1) is 12.8 Å². The molecule has 3 rings (SSSR count). The average molecular weight is 340 g/mol. The van der Waals surface area contributed by atoms with Gasteiger partial charge in [0.25, 0.3) is 0 Å². The van der Waals surface area contributed by atoms with Crippen LogP contribution in [0.15, 0.2) is 42.6 Å². The summed E-state index contributed by atoms with van der Waals surface area (Å²) in [4.78, 5) is 16.6. The molecule has 2 heterocycles. The quantitative estimate of drug-likeness (QED) is 0.784. The molecule has 1 aromatic heterocycles. The molecule has 1 aliphatic rings. The molecular weight excluding hydrogens is 316 g/mol. The summed E-state index contributed by atoms with van der Waals surface area (Å²) >= 11 is 0. The smallest absolute Gasteiger partial charge is 0.246 e. The number of aromatic nitrogens is 2. The minimum absolute atomic E-state index is 0.0539. The van der Waals surface area contributed by atoms with Gasteiger partial charge in [-0.1, -0.05) is 0 Å². The van der Waals surface area contributed by atoms with Gasteiger partial charge in [-0.05, 0) is 43.3 Å². The maximum absolute atomic E-state index is 12.4. The number of ether oxygens (including phenoxy) is 1. The number of methoxy groups -OCH3 is 1. The molecule has 0 spiro atoms. The van der Waals surface area contributed by atoms with Crippen LogP contribution in [0.1, 0.15) is 12.6 Å². The Labute approximate surface area is 148 Å². The van der Waals surface area contributed by atoms with Crippen molar-refractivity contribution in [2.45, 2.75) is 13.5 Å². The Morgan fingerprint density at radius 2 is 1.88 bits per heavy atom. The third-order valence-electron chi connectivity index (χ3n) is 4.47. The van der Waals surface area contributed by atoms with Crippen LogP contribution in [-0.4, -0.2) is 53.9 Å². The maximum Gasteiger partial charge on any atom is 0.246 e. The number of hydrogen-bond donors (Lipinski definition) is 0. The number of nitrogens with zero attached hydrogens (tertiary/aromatic N) is 4. The van der Waals surface area contributed by atoms with Crippen LogP contribution in [0.25, 0.3) is 6.08 Å². The van der Waals surface area contributed by atoms with Gasteiger partial charge in [-0.2, -0.15) is 5.10 Å². The molecule has 132 valence electrons. The minimum Gasteiger partial charge on any atom is -0.497 e. The number of carbonyl (C=O) groups excluding carboxylic acids is 1. The lowest BCUT2D eigenvalue weighted by molar-refractivity contribution is -0.126. The molecule has 1 fully saturated rings. The van der Waals surface area contributed by atoms with Gasteiger partial charge in [0.1, 0.15) is 5.75 Å². The van der Waals surface area contributed by atoms with Crippen LogP contribution >= 0.6 is 0 Å². The zero-order valence-corrected chi connectivity index (χ0v) is 14.8. The second kappa shape index (κ2) is 7.88. The van der Waals surface area contributed by atoms with Crippen molar-refractivity contribution in [3.05, 3.63) is 48.3 Å². The topological polar surface area (TPSA) is 50.6 Å². The van der Waals surface area contributed by atoms with Crippen molar-refractivity contribution < 1.29 is 9.53 Å². The lowest BCUT2D eigenvalue weighted by atomic mass is 10.2. The molecule has 1 aliphatic heterocycles. The van der Waals surface area contributed by atoms with Crippen molar-refractivity contribution in [1.29, 1.82) is 0 Å². The van der Waals surface area contributed by atoms with Crippen LogP contribution < -0.4 is 9.64 Å². The van der Waals surface area contributed by atoms with Crippen molar-refractivity contribution >= 4 is 17.7 Å². The number of hydrogen-bond acceptors (Lipinski definition) is 4. The highest BCUT2D eigenvalue weighted by Crippen LogP contribution is 2.20. The summed E-state index contributed by atoms with van der Waals surface area (Å²) in [5, 5.41) is 4.21. The van der Waals surface area contributed by atoms with E-state index in [1.165, 1.54) is 0 Å². The van der Waals surface area contributed by atoms with Crippen LogP contribution in [0, 0.1) is 0 Å². The molecule has 0 N–H and O–H groups in total. The molecule has 0 atom stereocenters. The van der Waals surface area contributed by atoms with E-state index in [0.717, 1.165) is 49.9 Å². The molecule has 2 aromatic rings. The Kier molecular flexibility index (Phi) is 5.38. The second-order valence-corrected chi connectivity index (χ2v) is 5.92. The molecule has 1 saturated heterocycles. The lowest BCUT2D eigenvalue weighted by Crippen LogP contribution is -2.48. The molecule has 0 unspecified atom stereocenters. The third kappa shape index (κ3) is 4.02. The minimum atomic E-state index is 0.0539. The highest BCUT2D eigenvalue weighted by Gasteiger charge is 2.19. The van der Waals surface area contributed by atoms with E-state index in [2.05, 4.69) is 22.1 Å². The van der Waals surface area contributed by atoms with E-state index in [9.17, 15) is 4.79 Å². The Bertz CT molecular complexity index is 728. The molecule has 6 nitrogen and oxygen atoms in total. The summed E-state index contributed by atoms with van der Waals surface area (Å²) in [5.74, 6) is 0.909. The van der Waals surface area contributed by atoms with Crippen LogP contribution in [-0.2, 0) is 11.3 Å². The van der Waals surface area contributed by atoms with E-state index >= 15 is 0 Å². The summed E-state index contributed by atoms with van der Waals surface area (Å²) in [6, 6.07) is 9.96. The number of piperazine rings is 1. The van der Waals surface area contributed by atoms with E-state index < -0.39 is 0 Å². The molecule has 25 heavy (non-hydrogen) atoms. The predicted molar refractivity (Wildman–Crippen MR) is 98.7 cm³/mol. The molecule has 0 bridgehead atoms. The molecule has 0 radical (unpaired) electrons. The Morgan fingerprint density at radius 3 is 2.52 bits per heavy atom. The standard InChI is InChI=1S/C19H24N4O2/c1-3-23-17(10-11-20-23)6-9-19(24)22-14-12-21(13-15-22)16-4-7-18(25-2)8-5-16/h4-11H,3,12-15H2,1-2H3/b9-6+. The summed E-state index contributed by atoms with van der Waals surface area (Å²) in [6.07, 6.45) is 5.24. The Morgan fingerprint density at radius 1 is 1.16 bits per heavy atom. The Hall–Kier alpha value is -2.76. The predicted octanol–water partition coefficient (Wildman–Crippen LogP) is 2.27. The molecule has 0 aliphatic carbocycles. The monoisotopic (exact) mass is 340 g/mol. The fourth-order valence-corrected chi connectivity index (χ4v) is 2.99. The zero-order chi connectivity index (χ0) is 17.6. The Balaban J connectivity index is 1.55. The first-order valence-electron chi connectivity index (χ1n) is 8.59. The summed E-state index contributed by atoms with van der Waals surface area (Å²) in [5.41, 5.74) is 2.11. The molecule has 0 saturated carbocycles. The number of anilines is 1. The van der Waals surface area contributed by atoms with E-state index in [1.54, 1.807) is 19.4 Å². The number of aryl methyl sites for hydroxylation is 1. The summed E-state index contributed by atoms with van der Waals surface area (Å²) < 4.78 is 7.06. The van der Waals surface area contributed by atoms with Gasteiger partial charge in [-0.25, -0.2) is 0 Å². The first-order valence-corrected chi connectivity index (χ1v) is 8.59. The van der Waals surface area contributed by atoms with Gasteiger partial charge in [0, 0.05) is 50.7 Å². The second-order valence-electron chi connectivity index (χ2n) is 5.92. The summed E-state index contributed by atoms with van der Waals surface area (Å²) in [6.45, 7) is 5.94. The van der Waals surface area contributed by atoms with Gasteiger partial charge in [-0.3, -0.25) is 9.48 Å². The summed E-state index contributed by atoms with van der Waals surface area (Å²) in [7, 11) is 1.67. The first kappa shape index (κ1) is 17.1. The fraction of sp³-hybridized carbons (Fsp3) is 0.368. The lowest BCUT2D eigenvalue weighted by Gasteiger charge is -2.35. The molecule has 1 aromatic carbocycles. The van der Waals surface area contributed by atoms with E-state index in [-0.39, 0.29) is 5.91 Å². The number of carbonyl (C=O) groups is 1. The largest absolute Gasteiger partial charge is 0.497 e. The van der Waals surface area contributed by atoms with Gasteiger partial charge in [0.15, 0.2) is 0 Å². The van der Waals surface area contributed by atoms with Gasteiger partial charge in [-0.15, -0.1) is 0 Å². The average Bonchev–Trinajstić information content (AvgIpc) is 3.14. The van der Waals surface area contributed by atoms with E-state index in [0.29, 0.717) is 0 Å². The zero-order valence-electron chi connectivity index (χ0n) is 14.8. The third-order valence-corrected chi connectivity index (χ3v) is 4.47. The maximum atomic E-state index is 12.4. The fourth-order valence-electron chi connectivity index (χ4n) is 2.99. The van der Waals surface area contributed by atoms with Crippen LogP contribution in [0.5, 0.6) is 5.75 Å². The van der Waals surface area contributed by atoms with Crippen molar-refractivity contribution in [1.82, 2.24) is 14.7 Å².